The fraction of sp³-hybridized carbons (Fsp3) is 0.571. The molecule has 0 saturated heterocycles. The quantitative estimate of drug-likeness (QED) is 0.763. The molecule has 0 atom stereocenters. The minimum absolute atomic E-state index is 0.0214. The molecule has 0 spiro atoms. The van der Waals surface area contributed by atoms with Gasteiger partial charge in [0.1, 0.15) is 5.69 Å². The lowest BCUT2D eigenvalue weighted by Gasteiger charge is -2.01. The second-order valence-corrected chi connectivity index (χ2v) is 4.35. The van der Waals surface area contributed by atoms with Gasteiger partial charge in [0.25, 0.3) is 0 Å². The van der Waals surface area contributed by atoms with Gasteiger partial charge in [0.15, 0.2) is 5.69 Å². The Labute approximate surface area is 79.9 Å². The SMILES string of the molecule is CC(C)SCc1n[nH]nc1C(=O)O. The average molecular weight is 201 g/mol. The zero-order chi connectivity index (χ0) is 9.84. The summed E-state index contributed by atoms with van der Waals surface area (Å²) in [6, 6.07) is 0. The van der Waals surface area contributed by atoms with E-state index in [4.69, 9.17) is 5.11 Å². The summed E-state index contributed by atoms with van der Waals surface area (Å²) in [5.41, 5.74) is 0.527. The van der Waals surface area contributed by atoms with E-state index >= 15 is 0 Å². The Morgan fingerprint density at radius 1 is 1.62 bits per heavy atom. The van der Waals surface area contributed by atoms with Crippen LogP contribution in [0.15, 0.2) is 0 Å². The maximum Gasteiger partial charge on any atom is 0.358 e. The number of thioether (sulfide) groups is 1. The number of rotatable bonds is 4. The van der Waals surface area contributed by atoms with Crippen molar-refractivity contribution in [2.24, 2.45) is 0 Å². The topological polar surface area (TPSA) is 78.9 Å². The third kappa shape index (κ3) is 2.73. The minimum atomic E-state index is -1.03. The number of nitrogens with one attached hydrogen (secondary N) is 1. The van der Waals surface area contributed by atoms with Crippen LogP contribution in [0.2, 0.25) is 0 Å². The lowest BCUT2D eigenvalue weighted by molar-refractivity contribution is 0.0689. The van der Waals surface area contributed by atoms with E-state index in [-0.39, 0.29) is 5.69 Å². The highest BCUT2D eigenvalue weighted by molar-refractivity contribution is 7.99. The number of aromatic nitrogens is 3. The smallest absolute Gasteiger partial charge is 0.358 e. The van der Waals surface area contributed by atoms with Gasteiger partial charge in [0.05, 0.1) is 0 Å². The first-order valence-electron chi connectivity index (χ1n) is 3.85. The Bertz CT molecular complexity index is 298. The van der Waals surface area contributed by atoms with Crippen LogP contribution in [0.1, 0.15) is 30.0 Å². The summed E-state index contributed by atoms with van der Waals surface area (Å²) in [7, 11) is 0. The Morgan fingerprint density at radius 2 is 2.31 bits per heavy atom. The van der Waals surface area contributed by atoms with Crippen molar-refractivity contribution in [3.8, 4) is 0 Å². The largest absolute Gasteiger partial charge is 0.476 e. The van der Waals surface area contributed by atoms with Crippen LogP contribution in [0.3, 0.4) is 0 Å². The predicted octanol–water partition coefficient (Wildman–Crippen LogP) is 1.14. The fourth-order valence-corrected chi connectivity index (χ4v) is 1.46. The normalized spacial score (nSPS) is 10.7. The number of nitrogens with zero attached hydrogens (tertiary/aromatic N) is 2. The van der Waals surface area contributed by atoms with E-state index < -0.39 is 5.97 Å². The second kappa shape index (κ2) is 4.27. The van der Waals surface area contributed by atoms with Gasteiger partial charge in [-0.2, -0.15) is 22.1 Å². The van der Waals surface area contributed by atoms with Crippen LogP contribution in [0.5, 0.6) is 0 Å². The maximum absolute atomic E-state index is 10.6. The van der Waals surface area contributed by atoms with Crippen LogP contribution in [0.25, 0.3) is 0 Å². The van der Waals surface area contributed by atoms with Gasteiger partial charge in [-0.3, -0.25) is 0 Å². The van der Waals surface area contributed by atoms with Crippen molar-refractivity contribution >= 4 is 17.7 Å². The maximum atomic E-state index is 10.6. The zero-order valence-corrected chi connectivity index (χ0v) is 8.26. The van der Waals surface area contributed by atoms with Gasteiger partial charge in [-0.05, 0) is 5.25 Å². The zero-order valence-electron chi connectivity index (χ0n) is 7.44. The molecule has 0 amide bonds. The fourth-order valence-electron chi connectivity index (χ4n) is 0.770. The van der Waals surface area contributed by atoms with E-state index in [2.05, 4.69) is 15.4 Å². The molecule has 13 heavy (non-hydrogen) atoms. The van der Waals surface area contributed by atoms with Gasteiger partial charge >= 0.3 is 5.97 Å². The van der Waals surface area contributed by atoms with Gasteiger partial charge in [0.2, 0.25) is 0 Å². The van der Waals surface area contributed by atoms with Crippen molar-refractivity contribution in [1.82, 2.24) is 15.4 Å². The third-order valence-corrected chi connectivity index (χ3v) is 2.48. The molecule has 0 aliphatic heterocycles. The van der Waals surface area contributed by atoms with Crippen LogP contribution >= 0.6 is 11.8 Å². The van der Waals surface area contributed by atoms with Crippen LogP contribution < -0.4 is 0 Å². The minimum Gasteiger partial charge on any atom is -0.476 e. The Morgan fingerprint density at radius 3 is 2.85 bits per heavy atom. The van der Waals surface area contributed by atoms with Gasteiger partial charge in [0, 0.05) is 5.75 Å². The summed E-state index contributed by atoms with van der Waals surface area (Å²) >= 11 is 1.63. The van der Waals surface area contributed by atoms with E-state index in [1.54, 1.807) is 11.8 Å². The van der Waals surface area contributed by atoms with Crippen molar-refractivity contribution in [3.05, 3.63) is 11.4 Å². The van der Waals surface area contributed by atoms with Gasteiger partial charge in [-0.25, -0.2) is 4.79 Å². The average Bonchev–Trinajstić information content (AvgIpc) is 2.47. The summed E-state index contributed by atoms with van der Waals surface area (Å²) in [4.78, 5) is 10.6. The molecule has 6 heteroatoms. The number of carboxylic acids is 1. The summed E-state index contributed by atoms with van der Waals surface area (Å²) in [6.45, 7) is 4.09. The lowest BCUT2D eigenvalue weighted by Crippen LogP contribution is -2.01. The summed E-state index contributed by atoms with van der Waals surface area (Å²) in [6.07, 6.45) is 0. The molecule has 0 bridgehead atoms. The molecule has 0 aliphatic rings. The molecule has 1 aromatic heterocycles. The molecule has 72 valence electrons. The van der Waals surface area contributed by atoms with Crippen LogP contribution in [-0.2, 0) is 5.75 Å². The molecule has 0 saturated carbocycles. The van der Waals surface area contributed by atoms with Crippen LogP contribution in [0.4, 0.5) is 0 Å². The lowest BCUT2D eigenvalue weighted by atomic mass is 10.3. The molecular formula is C7H11N3O2S. The highest BCUT2D eigenvalue weighted by Crippen LogP contribution is 2.16. The molecule has 2 N–H and O–H groups in total. The van der Waals surface area contributed by atoms with E-state index in [0.717, 1.165) is 0 Å². The number of hydrogen-bond acceptors (Lipinski definition) is 4. The van der Waals surface area contributed by atoms with E-state index in [0.29, 0.717) is 16.7 Å². The van der Waals surface area contributed by atoms with Crippen molar-refractivity contribution in [1.29, 1.82) is 0 Å². The molecule has 0 fully saturated rings. The molecule has 0 radical (unpaired) electrons. The first-order valence-corrected chi connectivity index (χ1v) is 4.90. The number of H-pyrrole nitrogens is 1. The molecule has 5 nitrogen and oxygen atoms in total. The van der Waals surface area contributed by atoms with Crippen LogP contribution in [-0.4, -0.2) is 31.7 Å². The second-order valence-electron chi connectivity index (χ2n) is 2.78. The molecule has 0 aliphatic carbocycles. The highest BCUT2D eigenvalue weighted by atomic mass is 32.2. The molecule has 1 aromatic rings. The molecule has 0 unspecified atom stereocenters. The summed E-state index contributed by atoms with van der Waals surface area (Å²) in [5.74, 6) is -0.455. The Hall–Kier alpha value is -1.04. The number of carboxylic acid groups (broad SMARTS) is 1. The van der Waals surface area contributed by atoms with E-state index in [1.807, 2.05) is 13.8 Å². The molecule has 0 aromatic carbocycles. The van der Waals surface area contributed by atoms with Crippen molar-refractivity contribution < 1.29 is 9.90 Å². The molecule has 1 heterocycles. The van der Waals surface area contributed by atoms with Crippen molar-refractivity contribution in [2.75, 3.05) is 0 Å². The monoisotopic (exact) mass is 201 g/mol. The number of aromatic carboxylic acids is 1. The summed E-state index contributed by atoms with van der Waals surface area (Å²) in [5, 5.41) is 18.8. The Balaban J connectivity index is 2.65. The Kier molecular flexibility index (Phi) is 3.30. The number of hydrogen-bond donors (Lipinski definition) is 2. The molecule has 1 rings (SSSR count). The third-order valence-electron chi connectivity index (χ3n) is 1.38. The first kappa shape index (κ1) is 10.0. The van der Waals surface area contributed by atoms with Crippen LogP contribution in [0, 0.1) is 0 Å². The van der Waals surface area contributed by atoms with Crippen molar-refractivity contribution in [3.63, 3.8) is 0 Å². The van der Waals surface area contributed by atoms with Gasteiger partial charge in [-0.15, -0.1) is 5.10 Å². The predicted molar refractivity (Wildman–Crippen MR) is 49.8 cm³/mol. The standard InChI is InChI=1S/C7H11N3O2S/c1-4(2)13-3-5-6(7(11)12)9-10-8-5/h4H,3H2,1-2H3,(H,11,12)(H,8,9,10). The molecular weight excluding hydrogens is 190 g/mol. The first-order chi connectivity index (χ1) is 6.11. The highest BCUT2D eigenvalue weighted by Gasteiger charge is 2.14. The van der Waals surface area contributed by atoms with Gasteiger partial charge < -0.3 is 5.11 Å². The van der Waals surface area contributed by atoms with Gasteiger partial charge in [-0.1, -0.05) is 13.8 Å². The number of aromatic amines is 1. The summed E-state index contributed by atoms with van der Waals surface area (Å²) < 4.78 is 0. The van der Waals surface area contributed by atoms with E-state index in [1.165, 1.54) is 0 Å². The number of carbonyl (C=O) groups is 1. The van der Waals surface area contributed by atoms with Crippen molar-refractivity contribution in [2.45, 2.75) is 24.9 Å². The van der Waals surface area contributed by atoms with E-state index in [9.17, 15) is 4.79 Å².